The van der Waals surface area contributed by atoms with Crippen LogP contribution in [0.25, 0.3) is 0 Å². The molecule has 6 heteroatoms. The van der Waals surface area contributed by atoms with E-state index in [4.69, 9.17) is 15.3 Å². The van der Waals surface area contributed by atoms with Crippen molar-refractivity contribution in [2.75, 3.05) is 13.1 Å². The molecule has 0 heterocycles. The lowest BCUT2D eigenvalue weighted by Crippen LogP contribution is -2.40. The van der Waals surface area contributed by atoms with Gasteiger partial charge in [0.25, 0.3) is 5.91 Å². The molecular weight excluding hydrogens is 310 g/mol. The number of benzene rings is 1. The molecule has 1 atom stereocenters. The van der Waals surface area contributed by atoms with Gasteiger partial charge in [-0.1, -0.05) is 22.0 Å². The molecule has 0 saturated heterocycles. The fraction of sp³-hybridized carbons (Fsp3) is 0.308. The maximum absolute atomic E-state index is 12.0. The van der Waals surface area contributed by atoms with E-state index in [1.807, 2.05) is 18.2 Å². The molecule has 0 aliphatic carbocycles. The third-order valence-corrected chi connectivity index (χ3v) is 2.78. The molecule has 1 rings (SSSR count). The zero-order valence-electron chi connectivity index (χ0n) is 10.3. The van der Waals surface area contributed by atoms with Crippen LogP contribution in [0.4, 0.5) is 0 Å². The summed E-state index contributed by atoms with van der Waals surface area (Å²) < 4.78 is 6.33. The van der Waals surface area contributed by atoms with Crippen LogP contribution in [0.3, 0.4) is 0 Å². The van der Waals surface area contributed by atoms with E-state index in [9.17, 15) is 4.79 Å². The first-order chi connectivity index (χ1) is 9.08. The van der Waals surface area contributed by atoms with Crippen LogP contribution in [0, 0.1) is 22.7 Å². The Morgan fingerprint density at radius 2 is 2.05 bits per heavy atom. The Morgan fingerprint density at radius 1 is 1.42 bits per heavy atom. The van der Waals surface area contributed by atoms with Crippen LogP contribution in [-0.4, -0.2) is 30.0 Å². The summed E-state index contributed by atoms with van der Waals surface area (Å²) in [4.78, 5) is 13.2. The van der Waals surface area contributed by atoms with Crippen LogP contribution in [0.1, 0.15) is 6.92 Å². The molecule has 5 nitrogen and oxygen atoms in total. The topological polar surface area (TPSA) is 77.1 Å². The van der Waals surface area contributed by atoms with Gasteiger partial charge in [0, 0.05) is 4.47 Å². The second kappa shape index (κ2) is 7.40. The van der Waals surface area contributed by atoms with Gasteiger partial charge in [0.15, 0.2) is 6.10 Å². The zero-order valence-corrected chi connectivity index (χ0v) is 11.9. The molecular formula is C13H12BrN3O2. The van der Waals surface area contributed by atoms with Crippen molar-refractivity contribution in [2.24, 2.45) is 0 Å². The number of carbonyl (C=O) groups is 1. The Kier molecular flexibility index (Phi) is 5.84. The number of hydrogen-bond donors (Lipinski definition) is 0. The van der Waals surface area contributed by atoms with Crippen LogP contribution in [-0.2, 0) is 4.79 Å². The van der Waals surface area contributed by atoms with Crippen LogP contribution in [0.15, 0.2) is 28.7 Å². The smallest absolute Gasteiger partial charge is 0.265 e. The van der Waals surface area contributed by atoms with Crippen molar-refractivity contribution in [3.8, 4) is 17.9 Å². The average molecular weight is 322 g/mol. The Balaban J connectivity index is 2.71. The monoisotopic (exact) mass is 321 g/mol. The van der Waals surface area contributed by atoms with E-state index in [2.05, 4.69) is 15.9 Å². The van der Waals surface area contributed by atoms with E-state index >= 15 is 0 Å². The van der Waals surface area contributed by atoms with Crippen molar-refractivity contribution >= 4 is 21.8 Å². The summed E-state index contributed by atoms with van der Waals surface area (Å²) in [5.41, 5.74) is 0. The molecule has 1 aromatic carbocycles. The highest BCUT2D eigenvalue weighted by atomic mass is 79.9. The lowest BCUT2D eigenvalue weighted by molar-refractivity contribution is -0.136. The first-order valence-electron chi connectivity index (χ1n) is 5.53. The van der Waals surface area contributed by atoms with Crippen LogP contribution in [0.5, 0.6) is 5.75 Å². The highest BCUT2D eigenvalue weighted by molar-refractivity contribution is 9.10. The minimum atomic E-state index is -0.754. The molecule has 1 aromatic rings. The van der Waals surface area contributed by atoms with E-state index in [0.717, 1.165) is 9.37 Å². The van der Waals surface area contributed by atoms with Gasteiger partial charge >= 0.3 is 0 Å². The van der Waals surface area contributed by atoms with E-state index in [-0.39, 0.29) is 19.0 Å². The van der Waals surface area contributed by atoms with Gasteiger partial charge in [-0.3, -0.25) is 4.79 Å². The molecule has 0 bridgehead atoms. The standard InChI is InChI=1S/C13H12BrN3O2/c1-10(13(18)17(7-5-15)8-6-16)19-12-4-2-3-11(14)9-12/h2-4,9-10H,7-8H2,1H3. The summed E-state index contributed by atoms with van der Waals surface area (Å²) >= 11 is 3.31. The second-order valence-corrected chi connectivity index (χ2v) is 4.64. The maximum Gasteiger partial charge on any atom is 0.265 e. The minimum Gasteiger partial charge on any atom is -0.481 e. The van der Waals surface area contributed by atoms with Gasteiger partial charge in [0.05, 0.1) is 12.1 Å². The van der Waals surface area contributed by atoms with E-state index < -0.39 is 6.10 Å². The molecule has 0 N–H and O–H groups in total. The van der Waals surface area contributed by atoms with Gasteiger partial charge in [0.2, 0.25) is 0 Å². The summed E-state index contributed by atoms with van der Waals surface area (Å²) in [6.45, 7) is 1.34. The average Bonchev–Trinajstić information content (AvgIpc) is 2.37. The number of nitrogens with zero attached hydrogens (tertiary/aromatic N) is 3. The SMILES string of the molecule is CC(Oc1cccc(Br)c1)C(=O)N(CC#N)CC#N. The molecule has 0 aliphatic rings. The first kappa shape index (κ1) is 15.0. The van der Waals surface area contributed by atoms with E-state index in [1.54, 1.807) is 25.1 Å². The maximum atomic E-state index is 12.0. The number of halogens is 1. The number of rotatable bonds is 5. The van der Waals surface area contributed by atoms with Crippen molar-refractivity contribution in [1.82, 2.24) is 4.90 Å². The number of hydrogen-bond acceptors (Lipinski definition) is 4. The molecule has 0 saturated carbocycles. The second-order valence-electron chi connectivity index (χ2n) is 3.73. The summed E-state index contributed by atoms with van der Waals surface area (Å²) in [5, 5.41) is 17.2. The van der Waals surface area contributed by atoms with Crippen LogP contribution in [0.2, 0.25) is 0 Å². The van der Waals surface area contributed by atoms with Crippen LogP contribution >= 0.6 is 15.9 Å². The minimum absolute atomic E-state index is 0.126. The summed E-state index contributed by atoms with van der Waals surface area (Å²) in [6.07, 6.45) is -0.754. The van der Waals surface area contributed by atoms with Crippen molar-refractivity contribution in [2.45, 2.75) is 13.0 Å². The molecule has 0 fully saturated rings. The Hall–Kier alpha value is -2.05. The summed E-state index contributed by atoms with van der Waals surface area (Å²) in [5.74, 6) is 0.159. The third-order valence-electron chi connectivity index (χ3n) is 2.29. The molecule has 19 heavy (non-hydrogen) atoms. The highest BCUT2D eigenvalue weighted by Crippen LogP contribution is 2.19. The fourth-order valence-electron chi connectivity index (χ4n) is 1.43. The molecule has 98 valence electrons. The Labute approximate surface area is 120 Å². The Morgan fingerprint density at radius 3 is 2.58 bits per heavy atom. The predicted octanol–water partition coefficient (Wildman–Crippen LogP) is 2.09. The van der Waals surface area contributed by atoms with E-state index in [1.165, 1.54) is 0 Å². The first-order valence-corrected chi connectivity index (χ1v) is 6.32. The lowest BCUT2D eigenvalue weighted by Gasteiger charge is -2.21. The number of carbonyl (C=O) groups excluding carboxylic acids is 1. The quantitative estimate of drug-likeness (QED) is 0.778. The fourth-order valence-corrected chi connectivity index (χ4v) is 1.81. The van der Waals surface area contributed by atoms with Gasteiger partial charge in [-0.2, -0.15) is 10.5 Å². The molecule has 0 spiro atoms. The third kappa shape index (κ3) is 4.61. The van der Waals surface area contributed by atoms with Crippen molar-refractivity contribution in [3.05, 3.63) is 28.7 Å². The number of nitriles is 2. The number of amides is 1. The van der Waals surface area contributed by atoms with Gasteiger partial charge in [-0.15, -0.1) is 0 Å². The largest absolute Gasteiger partial charge is 0.481 e. The molecule has 0 aromatic heterocycles. The van der Waals surface area contributed by atoms with Crippen LogP contribution < -0.4 is 4.74 Å². The Bertz CT molecular complexity index is 517. The van der Waals surface area contributed by atoms with Crippen molar-refractivity contribution in [1.29, 1.82) is 10.5 Å². The summed E-state index contributed by atoms with van der Waals surface area (Å²) in [6, 6.07) is 10.8. The van der Waals surface area contributed by atoms with Gasteiger partial charge in [0.1, 0.15) is 18.8 Å². The normalized spacial score (nSPS) is 10.9. The lowest BCUT2D eigenvalue weighted by atomic mass is 10.3. The predicted molar refractivity (Wildman–Crippen MR) is 72.0 cm³/mol. The number of ether oxygens (including phenoxy) is 1. The molecule has 1 amide bonds. The van der Waals surface area contributed by atoms with Crippen molar-refractivity contribution in [3.63, 3.8) is 0 Å². The highest BCUT2D eigenvalue weighted by Gasteiger charge is 2.21. The molecule has 1 unspecified atom stereocenters. The van der Waals surface area contributed by atoms with Gasteiger partial charge in [-0.05, 0) is 25.1 Å². The van der Waals surface area contributed by atoms with Crippen molar-refractivity contribution < 1.29 is 9.53 Å². The van der Waals surface area contributed by atoms with Gasteiger partial charge < -0.3 is 9.64 Å². The summed E-state index contributed by atoms with van der Waals surface area (Å²) in [7, 11) is 0. The molecule has 0 aliphatic heterocycles. The van der Waals surface area contributed by atoms with Gasteiger partial charge in [-0.25, -0.2) is 0 Å². The molecule has 0 radical (unpaired) electrons. The zero-order chi connectivity index (χ0) is 14.3. The van der Waals surface area contributed by atoms with E-state index in [0.29, 0.717) is 5.75 Å².